The number of halogens is 8. The summed E-state index contributed by atoms with van der Waals surface area (Å²) in [5, 5.41) is 9.29. The maximum Gasteiger partial charge on any atom is 0.416 e. The quantitative estimate of drug-likeness (QED) is 0.0504. The van der Waals surface area contributed by atoms with Gasteiger partial charge >= 0.3 is 6.18 Å². The number of benzene rings is 4. The average molecular weight is 876 g/mol. The van der Waals surface area contributed by atoms with Crippen LogP contribution in [0, 0.1) is 11.6 Å². The monoisotopic (exact) mass is 875 g/mol. The van der Waals surface area contributed by atoms with Gasteiger partial charge in [0, 0.05) is 18.2 Å². The predicted molar refractivity (Wildman–Crippen MR) is 188 cm³/mol. The van der Waals surface area contributed by atoms with E-state index in [0.29, 0.717) is 12.1 Å². The van der Waals surface area contributed by atoms with Crippen molar-refractivity contribution in [1.82, 2.24) is 14.9 Å². The number of nitrogens with one attached hydrogen (secondary N) is 2. The zero-order valence-electron chi connectivity index (χ0n) is 25.2. The lowest BCUT2D eigenvalue weighted by molar-refractivity contribution is -0.137. The molecular weight excluding hydrogens is 858 g/mol. The molecule has 262 valence electrons. The van der Waals surface area contributed by atoms with Crippen LogP contribution in [0.4, 0.5) is 33.5 Å². The summed E-state index contributed by atoms with van der Waals surface area (Å²) in [6, 6.07) is 11.6. The van der Waals surface area contributed by atoms with Crippen molar-refractivity contribution >= 4 is 97.7 Å². The normalized spacial score (nSPS) is 13.0. The molecule has 51 heavy (non-hydrogen) atoms. The molecule has 10 nitrogen and oxygen atoms in total. The van der Waals surface area contributed by atoms with Gasteiger partial charge in [-0.15, -0.1) is 16.7 Å². The second kappa shape index (κ2) is 14.3. The molecule has 19 heteroatoms. The van der Waals surface area contributed by atoms with E-state index in [1.807, 2.05) is 22.0 Å². The SMILES string of the molecule is O=C(CCl)NCc1cc(NC(=O)c2cc(F)cc(C(F)(F)F)c2)c(Oc2cc(F)ccc2Cl)c2c(N3C(=O)c4ccccc4C3=O)nn(PI)c12. The van der Waals surface area contributed by atoms with Crippen molar-refractivity contribution in [3.05, 3.63) is 111 Å². The highest BCUT2D eigenvalue weighted by Crippen LogP contribution is 2.48. The largest absolute Gasteiger partial charge is 0.453 e. The van der Waals surface area contributed by atoms with Gasteiger partial charge in [-0.2, -0.15) is 13.2 Å². The summed E-state index contributed by atoms with van der Waals surface area (Å²) < 4.78 is 77.0. The molecular formula is C32H18Cl2F5IN5O5P. The second-order valence-electron chi connectivity index (χ2n) is 10.7. The number of carbonyl (C=O) groups excluding carboxylic acids is 4. The number of hydrogen-bond acceptors (Lipinski definition) is 6. The fourth-order valence-corrected chi connectivity index (χ4v) is 7.04. The lowest BCUT2D eigenvalue weighted by Crippen LogP contribution is -2.30. The van der Waals surface area contributed by atoms with Crippen molar-refractivity contribution in [2.45, 2.75) is 12.7 Å². The van der Waals surface area contributed by atoms with Gasteiger partial charge in [-0.3, -0.25) is 19.2 Å². The van der Waals surface area contributed by atoms with Crippen LogP contribution in [-0.4, -0.2) is 39.1 Å². The minimum absolute atomic E-state index is 0.0587. The van der Waals surface area contributed by atoms with Crippen LogP contribution >= 0.6 is 51.6 Å². The summed E-state index contributed by atoms with van der Waals surface area (Å²) in [7, 11) is 0. The lowest BCUT2D eigenvalue weighted by Gasteiger charge is -2.19. The highest BCUT2D eigenvalue weighted by Gasteiger charge is 2.41. The molecule has 2 heterocycles. The number of rotatable bonds is 9. The summed E-state index contributed by atoms with van der Waals surface area (Å²) in [4.78, 5) is 54.0. The van der Waals surface area contributed by atoms with Gasteiger partial charge in [0.1, 0.15) is 23.3 Å². The molecule has 1 aliphatic heterocycles. The summed E-state index contributed by atoms with van der Waals surface area (Å²) in [6.45, 7) is -0.279. The number of imide groups is 1. The van der Waals surface area contributed by atoms with Crippen molar-refractivity contribution in [2.75, 3.05) is 16.1 Å². The number of amides is 4. The van der Waals surface area contributed by atoms with Crippen LogP contribution in [0.3, 0.4) is 0 Å². The third kappa shape index (κ3) is 7.09. The number of fused-ring (bicyclic) bond motifs is 2. The molecule has 5 aromatic rings. The predicted octanol–water partition coefficient (Wildman–Crippen LogP) is 8.48. The van der Waals surface area contributed by atoms with Crippen LogP contribution in [-0.2, 0) is 17.5 Å². The molecule has 1 atom stereocenters. The summed E-state index contributed by atoms with van der Waals surface area (Å²) in [5.74, 6) is -6.93. The Morgan fingerprint density at radius 2 is 1.65 bits per heavy atom. The van der Waals surface area contributed by atoms with Crippen molar-refractivity contribution in [3.63, 3.8) is 0 Å². The highest BCUT2D eigenvalue weighted by atomic mass is 127. The maximum absolute atomic E-state index is 14.5. The highest BCUT2D eigenvalue weighted by molar-refractivity contribution is 14.2. The smallest absolute Gasteiger partial charge is 0.416 e. The van der Waals surface area contributed by atoms with Gasteiger partial charge in [0.05, 0.1) is 44.7 Å². The van der Waals surface area contributed by atoms with Crippen molar-refractivity contribution in [1.29, 1.82) is 0 Å². The first-order chi connectivity index (χ1) is 24.2. The Balaban J connectivity index is 1.64. The topological polar surface area (TPSA) is 123 Å². The van der Waals surface area contributed by atoms with Crippen LogP contribution in [0.5, 0.6) is 11.5 Å². The summed E-state index contributed by atoms with van der Waals surface area (Å²) in [6.07, 6.45) is -5.21. The van der Waals surface area contributed by atoms with E-state index < -0.39 is 58.4 Å². The number of alkyl halides is 4. The maximum atomic E-state index is 14.5. The fourth-order valence-electron chi connectivity index (χ4n) is 5.27. The van der Waals surface area contributed by atoms with Gasteiger partial charge in [-0.1, -0.05) is 23.7 Å². The molecule has 0 spiro atoms. The second-order valence-corrected chi connectivity index (χ2v) is 13.4. The molecule has 0 radical (unpaired) electrons. The first-order valence-corrected chi connectivity index (χ1v) is 19.3. The number of anilines is 2. The Bertz CT molecular complexity index is 2250. The molecule has 6 rings (SSSR count). The van der Waals surface area contributed by atoms with Gasteiger partial charge in [0.2, 0.25) is 5.91 Å². The van der Waals surface area contributed by atoms with Crippen LogP contribution < -0.4 is 20.3 Å². The van der Waals surface area contributed by atoms with E-state index in [9.17, 15) is 41.1 Å². The number of aromatic nitrogens is 2. The van der Waals surface area contributed by atoms with Crippen LogP contribution in [0.1, 0.15) is 42.2 Å². The number of ether oxygens (including phenoxy) is 1. The van der Waals surface area contributed by atoms with Gasteiger partial charge in [-0.05, 0) is 76.1 Å². The van der Waals surface area contributed by atoms with Crippen LogP contribution in [0.2, 0.25) is 5.02 Å². The molecule has 0 fully saturated rings. The minimum Gasteiger partial charge on any atom is -0.453 e. The standard InChI is InChI=1S/C32H18Cl2F5IN5O5P/c33-12-24(46)41-13-15-9-22(42-29(47)14-7-16(32(37,38)39)10-18(36)8-14)27(50-23-11-17(35)5-6-21(23)34)25-26(15)45(51-40)43-28(25)44-30(48)19-3-1-2-4-20(19)31(44)49/h1-11,51H,12-13H2,(H,41,46)(H,42,47). The molecule has 1 unspecified atom stereocenters. The molecule has 0 saturated heterocycles. The van der Waals surface area contributed by atoms with Crippen molar-refractivity contribution in [3.8, 4) is 11.5 Å². The average Bonchev–Trinajstić information content (AvgIpc) is 3.59. The third-order valence-corrected chi connectivity index (χ3v) is 9.90. The van der Waals surface area contributed by atoms with E-state index in [1.165, 1.54) is 28.7 Å². The number of nitrogens with zero attached hydrogens (tertiary/aromatic N) is 3. The van der Waals surface area contributed by atoms with Crippen LogP contribution in [0.25, 0.3) is 10.9 Å². The van der Waals surface area contributed by atoms with Crippen molar-refractivity contribution in [2.24, 2.45) is 0 Å². The van der Waals surface area contributed by atoms with E-state index in [0.717, 1.165) is 17.0 Å². The third-order valence-electron chi connectivity index (χ3n) is 7.49. The molecule has 4 amide bonds. The Hall–Kier alpha value is -4.38. The van der Waals surface area contributed by atoms with E-state index >= 15 is 0 Å². The van der Waals surface area contributed by atoms with E-state index in [2.05, 4.69) is 15.7 Å². The molecule has 1 aromatic heterocycles. The first-order valence-electron chi connectivity index (χ1n) is 14.3. The van der Waals surface area contributed by atoms with E-state index in [1.54, 1.807) is 12.1 Å². The molecule has 0 saturated carbocycles. The summed E-state index contributed by atoms with van der Waals surface area (Å²) in [5.41, 5.74) is -2.00. The number of carbonyl (C=O) groups is 4. The van der Waals surface area contributed by atoms with Gasteiger partial charge in [0.15, 0.2) is 11.6 Å². The Kier molecular flexibility index (Phi) is 10.2. The first kappa shape index (κ1) is 36.4. The van der Waals surface area contributed by atoms with Gasteiger partial charge in [0.25, 0.3) is 17.7 Å². The molecule has 0 aliphatic carbocycles. The Labute approximate surface area is 308 Å². The van der Waals surface area contributed by atoms with E-state index in [4.69, 9.17) is 27.9 Å². The van der Waals surface area contributed by atoms with E-state index in [-0.39, 0.29) is 74.6 Å². The molecule has 4 aromatic carbocycles. The Morgan fingerprint density at radius 1 is 0.961 bits per heavy atom. The fraction of sp³-hybridized carbons (Fsp3) is 0.0938. The van der Waals surface area contributed by atoms with Crippen LogP contribution in [0.15, 0.2) is 66.7 Å². The van der Waals surface area contributed by atoms with Gasteiger partial charge in [-0.25, -0.2) is 18.1 Å². The zero-order valence-corrected chi connectivity index (χ0v) is 29.8. The molecule has 1 aliphatic rings. The Morgan fingerprint density at radius 3 is 2.27 bits per heavy atom. The van der Waals surface area contributed by atoms with Gasteiger partial charge < -0.3 is 15.4 Å². The molecule has 2 N–H and O–H groups in total. The number of hydrogen-bond donors (Lipinski definition) is 2. The lowest BCUT2D eigenvalue weighted by atomic mass is 10.1. The zero-order chi connectivity index (χ0) is 36.8. The van der Waals surface area contributed by atoms with Crippen molar-refractivity contribution < 1.29 is 45.9 Å². The minimum atomic E-state index is -5.00. The molecule has 0 bridgehead atoms. The summed E-state index contributed by atoms with van der Waals surface area (Å²) >= 11 is 14.0.